The summed E-state index contributed by atoms with van der Waals surface area (Å²) in [5.41, 5.74) is 0. The molecule has 0 saturated carbocycles. The van der Waals surface area contributed by atoms with Crippen LogP contribution in [0.3, 0.4) is 0 Å². The van der Waals surface area contributed by atoms with Gasteiger partial charge in [0.2, 0.25) is 5.95 Å². The maximum atomic E-state index is 11.7. The second-order valence-electron chi connectivity index (χ2n) is 2.06. The topological polar surface area (TPSA) is 51.6 Å². The third kappa shape index (κ3) is 4.15. The van der Waals surface area contributed by atoms with Crippen LogP contribution in [0, 0.1) is 12.0 Å². The van der Waals surface area contributed by atoms with Crippen molar-refractivity contribution in [3.63, 3.8) is 0 Å². The van der Waals surface area contributed by atoms with Gasteiger partial charge in [-0.05, 0) is 18.2 Å². The Balaban J connectivity index is 0.000000140. The fourth-order valence-corrected chi connectivity index (χ4v) is 0.564. The molecule has 0 aromatic carbocycles. The van der Waals surface area contributed by atoms with E-state index in [4.69, 9.17) is 0 Å². The molecule has 0 saturated heterocycles. The first-order valence-corrected chi connectivity index (χ1v) is 3.65. The summed E-state index contributed by atoms with van der Waals surface area (Å²) in [6.45, 7) is 0. The van der Waals surface area contributed by atoms with Gasteiger partial charge in [-0.2, -0.15) is 13.9 Å². The Morgan fingerprint density at radius 3 is 1.93 bits per heavy atom. The number of hydrogen-bond donors (Lipinski definition) is 0. The van der Waals surface area contributed by atoms with Crippen LogP contribution in [-0.4, -0.2) is 20.2 Å². The van der Waals surface area contributed by atoms with E-state index in [1.807, 2.05) is 0 Å². The minimum Gasteiger partial charge on any atom is -0.211 e. The molecule has 2 aromatic heterocycles. The van der Waals surface area contributed by atoms with Crippen LogP contribution >= 0.6 is 0 Å². The van der Waals surface area contributed by atoms with E-state index in [0.717, 1.165) is 0 Å². The molecule has 0 aliphatic carbocycles. The number of aromatic nitrogens is 4. The van der Waals surface area contributed by atoms with Gasteiger partial charge in [-0.25, -0.2) is 9.97 Å². The fourth-order valence-electron chi connectivity index (χ4n) is 0.564. The Bertz CT molecular complexity index is 317. The lowest BCUT2D eigenvalue weighted by Crippen LogP contribution is -1.81. The van der Waals surface area contributed by atoms with E-state index in [-0.39, 0.29) is 0 Å². The Hall–Kier alpha value is -1.98. The van der Waals surface area contributed by atoms with Crippen LogP contribution in [0.4, 0.5) is 8.78 Å². The molecule has 0 aliphatic heterocycles. The predicted octanol–water partition coefficient (Wildman–Crippen LogP) is 1.23. The van der Waals surface area contributed by atoms with Crippen molar-refractivity contribution >= 4 is 0 Å². The lowest BCUT2D eigenvalue weighted by Gasteiger charge is -1.77. The SMILES string of the molecule is Fc1cccnn1.Fc1ncccn1. The van der Waals surface area contributed by atoms with Crippen molar-refractivity contribution in [3.05, 3.63) is 48.8 Å². The zero-order chi connectivity index (χ0) is 10.2. The van der Waals surface area contributed by atoms with Crippen molar-refractivity contribution in [1.29, 1.82) is 0 Å². The highest BCUT2D eigenvalue weighted by molar-refractivity contribution is 4.83. The monoisotopic (exact) mass is 196 g/mol. The molecule has 0 bridgehead atoms. The van der Waals surface area contributed by atoms with E-state index in [9.17, 15) is 8.78 Å². The summed E-state index contributed by atoms with van der Waals surface area (Å²) >= 11 is 0. The lowest BCUT2D eigenvalue weighted by atomic mass is 10.6. The molecular weight excluding hydrogens is 190 g/mol. The number of halogens is 2. The summed E-state index contributed by atoms with van der Waals surface area (Å²) < 4.78 is 23.4. The first kappa shape index (κ1) is 10.1. The summed E-state index contributed by atoms with van der Waals surface area (Å²) in [4.78, 5) is 6.40. The van der Waals surface area contributed by atoms with Gasteiger partial charge in [-0.15, -0.1) is 5.10 Å². The zero-order valence-electron chi connectivity index (χ0n) is 7.01. The van der Waals surface area contributed by atoms with Gasteiger partial charge in [0.15, 0.2) is 0 Å². The number of hydrogen-bond acceptors (Lipinski definition) is 4. The van der Waals surface area contributed by atoms with Gasteiger partial charge in [0, 0.05) is 18.6 Å². The molecule has 0 amide bonds. The quantitative estimate of drug-likeness (QED) is 0.594. The van der Waals surface area contributed by atoms with Crippen LogP contribution in [0.5, 0.6) is 0 Å². The van der Waals surface area contributed by atoms with Crippen molar-refractivity contribution in [2.45, 2.75) is 0 Å². The van der Waals surface area contributed by atoms with Gasteiger partial charge in [-0.1, -0.05) is 0 Å². The summed E-state index contributed by atoms with van der Waals surface area (Å²) in [6, 6.07) is 4.29. The maximum Gasteiger partial charge on any atom is 0.308 e. The highest BCUT2D eigenvalue weighted by atomic mass is 19.1. The van der Waals surface area contributed by atoms with E-state index >= 15 is 0 Å². The average Bonchev–Trinajstić information content (AvgIpc) is 2.21. The molecule has 2 heterocycles. The van der Waals surface area contributed by atoms with Gasteiger partial charge < -0.3 is 0 Å². The van der Waals surface area contributed by atoms with Crippen LogP contribution in [0.15, 0.2) is 36.8 Å². The van der Waals surface area contributed by atoms with Crippen molar-refractivity contribution in [2.75, 3.05) is 0 Å². The molecule has 72 valence electrons. The van der Waals surface area contributed by atoms with E-state index in [1.54, 1.807) is 6.07 Å². The molecular formula is C8H6F2N4. The molecule has 0 spiro atoms. The van der Waals surface area contributed by atoms with E-state index < -0.39 is 12.0 Å². The standard InChI is InChI=1S/2C4H3FN2/c5-4-6-2-1-3-7-4;5-4-2-1-3-6-7-4/h2*1-3H. The smallest absolute Gasteiger partial charge is 0.211 e. The summed E-state index contributed by atoms with van der Waals surface area (Å²) in [6.07, 6.45) is 3.44. The van der Waals surface area contributed by atoms with E-state index in [1.165, 1.54) is 30.7 Å². The molecule has 0 aliphatic rings. The largest absolute Gasteiger partial charge is 0.308 e. The normalized spacial score (nSPS) is 8.71. The van der Waals surface area contributed by atoms with Gasteiger partial charge in [0.05, 0.1) is 0 Å². The van der Waals surface area contributed by atoms with E-state index in [0.29, 0.717) is 0 Å². The summed E-state index contributed by atoms with van der Waals surface area (Å²) in [5, 5.41) is 6.32. The minimum atomic E-state index is -0.678. The predicted molar refractivity (Wildman–Crippen MR) is 44.0 cm³/mol. The van der Waals surface area contributed by atoms with Crippen LogP contribution in [-0.2, 0) is 0 Å². The summed E-state index contributed by atoms with van der Waals surface area (Å²) in [7, 11) is 0. The van der Waals surface area contributed by atoms with Crippen LogP contribution in [0.25, 0.3) is 0 Å². The van der Waals surface area contributed by atoms with Crippen molar-refractivity contribution in [1.82, 2.24) is 20.2 Å². The maximum absolute atomic E-state index is 11.7. The third-order valence-corrected chi connectivity index (χ3v) is 1.07. The minimum absolute atomic E-state index is 0.539. The van der Waals surface area contributed by atoms with Crippen molar-refractivity contribution < 1.29 is 8.78 Å². The Kier molecular flexibility index (Phi) is 4.06. The van der Waals surface area contributed by atoms with Gasteiger partial charge in [-0.3, -0.25) is 0 Å². The second kappa shape index (κ2) is 5.63. The summed E-state index contributed by atoms with van der Waals surface area (Å²) in [5.74, 6) is -0.539. The molecule has 0 fully saturated rings. The molecule has 0 N–H and O–H groups in total. The molecule has 6 heteroatoms. The third-order valence-electron chi connectivity index (χ3n) is 1.07. The van der Waals surface area contributed by atoms with Gasteiger partial charge in [0.25, 0.3) is 0 Å². The van der Waals surface area contributed by atoms with Gasteiger partial charge in [0.1, 0.15) is 0 Å². The second-order valence-corrected chi connectivity index (χ2v) is 2.06. The molecule has 0 radical (unpaired) electrons. The van der Waals surface area contributed by atoms with Crippen molar-refractivity contribution in [2.24, 2.45) is 0 Å². The number of nitrogens with zero attached hydrogens (tertiary/aromatic N) is 4. The Labute approximate surface area is 78.7 Å². The Morgan fingerprint density at radius 1 is 0.929 bits per heavy atom. The van der Waals surface area contributed by atoms with Crippen LogP contribution in [0.1, 0.15) is 0 Å². The highest BCUT2D eigenvalue weighted by Gasteiger charge is 1.81. The molecule has 0 atom stereocenters. The Morgan fingerprint density at radius 2 is 1.64 bits per heavy atom. The van der Waals surface area contributed by atoms with Crippen LogP contribution in [0.2, 0.25) is 0 Å². The average molecular weight is 196 g/mol. The molecule has 0 unspecified atom stereocenters. The molecule has 14 heavy (non-hydrogen) atoms. The zero-order valence-corrected chi connectivity index (χ0v) is 7.01. The molecule has 4 nitrogen and oxygen atoms in total. The van der Waals surface area contributed by atoms with Crippen LogP contribution < -0.4 is 0 Å². The molecule has 2 aromatic rings. The highest BCUT2D eigenvalue weighted by Crippen LogP contribution is 1.82. The molecule has 2 rings (SSSR count). The first-order valence-electron chi connectivity index (χ1n) is 3.65. The van der Waals surface area contributed by atoms with E-state index in [2.05, 4.69) is 20.2 Å². The fraction of sp³-hybridized carbons (Fsp3) is 0. The van der Waals surface area contributed by atoms with Crippen molar-refractivity contribution in [3.8, 4) is 0 Å². The number of rotatable bonds is 0. The first-order chi connectivity index (χ1) is 6.79. The lowest BCUT2D eigenvalue weighted by molar-refractivity contribution is 0.538. The van der Waals surface area contributed by atoms with Gasteiger partial charge >= 0.3 is 6.08 Å².